The number of nitrogens with zero attached hydrogens (tertiary/aromatic N) is 2. The number of hydrogen-bond donors (Lipinski definition) is 1. The van der Waals surface area contributed by atoms with Gasteiger partial charge in [-0.3, -0.25) is 4.68 Å². The highest BCUT2D eigenvalue weighted by Gasteiger charge is 2.19. The Morgan fingerprint density at radius 2 is 1.67 bits per heavy atom. The standard InChI is InChI=1S/C17H17N3O/c1-20-17(18)15(12-8-4-3-5-9-12)16(19-20)13-10-6-7-11-14(13)21-2/h3-11H,18H2,1-2H3. The molecule has 0 saturated carbocycles. The molecule has 0 spiro atoms. The monoisotopic (exact) mass is 279 g/mol. The SMILES string of the molecule is COc1ccccc1-c1nn(C)c(N)c1-c1ccccc1. The Balaban J connectivity index is 2.27. The van der Waals surface area contributed by atoms with Crippen molar-refractivity contribution >= 4 is 5.82 Å². The number of benzene rings is 2. The van der Waals surface area contributed by atoms with Crippen LogP contribution in [0.5, 0.6) is 5.75 Å². The van der Waals surface area contributed by atoms with Crippen molar-refractivity contribution in [3.05, 3.63) is 54.6 Å². The van der Waals surface area contributed by atoms with Crippen molar-refractivity contribution in [3.63, 3.8) is 0 Å². The molecule has 3 rings (SSSR count). The Morgan fingerprint density at radius 1 is 1.00 bits per heavy atom. The topological polar surface area (TPSA) is 53.1 Å². The molecule has 2 N–H and O–H groups in total. The molecule has 0 aliphatic heterocycles. The summed E-state index contributed by atoms with van der Waals surface area (Å²) in [7, 11) is 3.51. The van der Waals surface area contributed by atoms with Gasteiger partial charge in [0, 0.05) is 12.6 Å². The molecule has 0 unspecified atom stereocenters. The molecule has 21 heavy (non-hydrogen) atoms. The van der Waals surface area contributed by atoms with E-state index in [4.69, 9.17) is 10.5 Å². The Kier molecular flexibility index (Phi) is 3.36. The molecular formula is C17H17N3O. The minimum atomic E-state index is 0.641. The number of nitrogen functional groups attached to an aromatic ring is 1. The highest BCUT2D eigenvalue weighted by atomic mass is 16.5. The summed E-state index contributed by atoms with van der Waals surface area (Å²) in [5.41, 5.74) is 9.97. The van der Waals surface area contributed by atoms with E-state index < -0.39 is 0 Å². The summed E-state index contributed by atoms with van der Waals surface area (Å²) in [6.07, 6.45) is 0. The molecule has 1 aromatic heterocycles. The first-order valence-corrected chi connectivity index (χ1v) is 6.73. The van der Waals surface area contributed by atoms with E-state index in [0.717, 1.165) is 28.1 Å². The lowest BCUT2D eigenvalue weighted by Gasteiger charge is -2.08. The van der Waals surface area contributed by atoms with Gasteiger partial charge in [0.2, 0.25) is 0 Å². The predicted molar refractivity (Wildman–Crippen MR) is 85.0 cm³/mol. The number of para-hydroxylation sites is 1. The van der Waals surface area contributed by atoms with Gasteiger partial charge in [0.1, 0.15) is 17.3 Å². The Labute approximate surface area is 123 Å². The molecule has 0 aliphatic carbocycles. The van der Waals surface area contributed by atoms with E-state index in [0.29, 0.717) is 5.82 Å². The van der Waals surface area contributed by atoms with Gasteiger partial charge in [0.05, 0.1) is 12.7 Å². The molecule has 0 saturated heterocycles. The second-order valence-electron chi connectivity index (χ2n) is 4.80. The zero-order valence-corrected chi connectivity index (χ0v) is 12.1. The summed E-state index contributed by atoms with van der Waals surface area (Å²) in [5, 5.41) is 4.58. The van der Waals surface area contributed by atoms with Crippen molar-refractivity contribution in [2.24, 2.45) is 7.05 Å². The van der Waals surface area contributed by atoms with Gasteiger partial charge < -0.3 is 10.5 Å². The van der Waals surface area contributed by atoms with Crippen LogP contribution in [0.4, 0.5) is 5.82 Å². The average Bonchev–Trinajstić information content (AvgIpc) is 2.83. The summed E-state index contributed by atoms with van der Waals surface area (Å²) >= 11 is 0. The van der Waals surface area contributed by atoms with Crippen LogP contribution >= 0.6 is 0 Å². The fourth-order valence-corrected chi connectivity index (χ4v) is 2.46. The van der Waals surface area contributed by atoms with Crippen LogP contribution < -0.4 is 10.5 Å². The number of methoxy groups -OCH3 is 1. The van der Waals surface area contributed by atoms with Gasteiger partial charge in [-0.1, -0.05) is 42.5 Å². The maximum absolute atomic E-state index is 6.22. The second kappa shape index (κ2) is 5.32. The van der Waals surface area contributed by atoms with Gasteiger partial charge >= 0.3 is 0 Å². The molecule has 0 aliphatic rings. The Bertz CT molecular complexity index is 763. The van der Waals surface area contributed by atoms with Crippen molar-refractivity contribution in [2.45, 2.75) is 0 Å². The quantitative estimate of drug-likeness (QED) is 0.800. The summed E-state index contributed by atoms with van der Waals surface area (Å²) < 4.78 is 7.15. The fraction of sp³-hybridized carbons (Fsp3) is 0.118. The molecule has 4 heteroatoms. The maximum Gasteiger partial charge on any atom is 0.129 e. The maximum atomic E-state index is 6.22. The lowest BCUT2D eigenvalue weighted by molar-refractivity contribution is 0.416. The third kappa shape index (κ3) is 2.25. The average molecular weight is 279 g/mol. The van der Waals surface area contributed by atoms with E-state index in [1.807, 2.05) is 61.6 Å². The van der Waals surface area contributed by atoms with Crippen LogP contribution in [0.1, 0.15) is 0 Å². The predicted octanol–water partition coefficient (Wildman–Crippen LogP) is 3.34. The molecular weight excluding hydrogens is 262 g/mol. The van der Waals surface area contributed by atoms with E-state index in [2.05, 4.69) is 5.10 Å². The smallest absolute Gasteiger partial charge is 0.129 e. The molecule has 1 heterocycles. The summed E-state index contributed by atoms with van der Waals surface area (Å²) in [6, 6.07) is 17.9. The fourth-order valence-electron chi connectivity index (χ4n) is 2.46. The molecule has 0 atom stereocenters. The van der Waals surface area contributed by atoms with Crippen molar-refractivity contribution in [2.75, 3.05) is 12.8 Å². The van der Waals surface area contributed by atoms with E-state index in [1.54, 1.807) is 11.8 Å². The lowest BCUT2D eigenvalue weighted by Crippen LogP contribution is -1.97. The number of rotatable bonds is 3. The lowest BCUT2D eigenvalue weighted by atomic mass is 10.0. The minimum Gasteiger partial charge on any atom is -0.496 e. The number of nitrogens with two attached hydrogens (primary N) is 1. The molecule has 0 fully saturated rings. The molecule has 3 aromatic rings. The molecule has 0 amide bonds. The van der Waals surface area contributed by atoms with Gasteiger partial charge in [-0.05, 0) is 17.7 Å². The second-order valence-corrected chi connectivity index (χ2v) is 4.80. The zero-order valence-electron chi connectivity index (χ0n) is 12.1. The van der Waals surface area contributed by atoms with Crippen molar-refractivity contribution in [1.29, 1.82) is 0 Å². The summed E-state index contributed by atoms with van der Waals surface area (Å²) in [6.45, 7) is 0. The van der Waals surface area contributed by atoms with Gasteiger partial charge in [-0.15, -0.1) is 0 Å². The first-order chi connectivity index (χ1) is 10.2. The zero-order chi connectivity index (χ0) is 14.8. The van der Waals surface area contributed by atoms with E-state index in [1.165, 1.54) is 0 Å². The summed E-state index contributed by atoms with van der Waals surface area (Å²) in [4.78, 5) is 0. The first-order valence-electron chi connectivity index (χ1n) is 6.73. The summed E-state index contributed by atoms with van der Waals surface area (Å²) in [5.74, 6) is 1.43. The van der Waals surface area contributed by atoms with Crippen LogP contribution in [0.15, 0.2) is 54.6 Å². The van der Waals surface area contributed by atoms with E-state index in [-0.39, 0.29) is 0 Å². The van der Waals surface area contributed by atoms with Gasteiger partial charge in [-0.25, -0.2) is 0 Å². The first kappa shape index (κ1) is 13.2. The largest absolute Gasteiger partial charge is 0.496 e. The number of aromatic nitrogens is 2. The molecule has 0 radical (unpaired) electrons. The molecule has 4 nitrogen and oxygen atoms in total. The van der Waals surface area contributed by atoms with Crippen molar-refractivity contribution < 1.29 is 4.74 Å². The van der Waals surface area contributed by atoms with Crippen LogP contribution in [0, 0.1) is 0 Å². The van der Waals surface area contributed by atoms with Gasteiger partial charge in [0.25, 0.3) is 0 Å². The highest BCUT2D eigenvalue weighted by Crippen LogP contribution is 2.39. The van der Waals surface area contributed by atoms with Crippen LogP contribution in [0.2, 0.25) is 0 Å². The number of anilines is 1. The number of aryl methyl sites for hydroxylation is 1. The third-order valence-corrected chi connectivity index (χ3v) is 3.52. The number of ether oxygens (including phenoxy) is 1. The molecule has 106 valence electrons. The number of hydrogen-bond acceptors (Lipinski definition) is 3. The van der Waals surface area contributed by atoms with Gasteiger partial charge in [-0.2, -0.15) is 5.10 Å². The van der Waals surface area contributed by atoms with E-state index >= 15 is 0 Å². The Hall–Kier alpha value is -2.75. The molecule has 2 aromatic carbocycles. The van der Waals surface area contributed by atoms with Crippen molar-refractivity contribution in [1.82, 2.24) is 9.78 Å². The van der Waals surface area contributed by atoms with Crippen LogP contribution in [0.3, 0.4) is 0 Å². The van der Waals surface area contributed by atoms with Crippen LogP contribution in [-0.2, 0) is 7.05 Å². The normalized spacial score (nSPS) is 10.6. The van der Waals surface area contributed by atoms with Gasteiger partial charge in [0.15, 0.2) is 0 Å². The van der Waals surface area contributed by atoms with E-state index in [9.17, 15) is 0 Å². The highest BCUT2D eigenvalue weighted by molar-refractivity contribution is 5.89. The van der Waals surface area contributed by atoms with Crippen LogP contribution in [-0.4, -0.2) is 16.9 Å². The Morgan fingerprint density at radius 3 is 2.38 bits per heavy atom. The van der Waals surface area contributed by atoms with Crippen LogP contribution in [0.25, 0.3) is 22.4 Å². The van der Waals surface area contributed by atoms with Crippen molar-refractivity contribution in [3.8, 4) is 28.1 Å². The minimum absolute atomic E-state index is 0.641. The molecule has 0 bridgehead atoms. The third-order valence-electron chi connectivity index (χ3n) is 3.52.